The lowest BCUT2D eigenvalue weighted by Crippen LogP contribution is -2.57. The van der Waals surface area contributed by atoms with Crippen LogP contribution in [0.25, 0.3) is 0 Å². The van der Waals surface area contributed by atoms with E-state index in [1.165, 1.54) is 0 Å². The zero-order chi connectivity index (χ0) is 19.3. The standard InChI is InChI=1S/C22H43N3O/c1-7-24-15-14-23(16-20(24)6)17-22(21(26)9-8-18(2)3)10-12-25(13-11-22)19(4)5/h18-20H,7-17H2,1-6H3. The van der Waals surface area contributed by atoms with Crippen LogP contribution in [0, 0.1) is 11.3 Å². The van der Waals surface area contributed by atoms with E-state index in [4.69, 9.17) is 0 Å². The fourth-order valence-corrected chi connectivity index (χ4v) is 4.79. The first-order valence-corrected chi connectivity index (χ1v) is 11.0. The molecule has 2 aliphatic heterocycles. The Balaban J connectivity index is 2.05. The zero-order valence-electron chi connectivity index (χ0n) is 18.3. The van der Waals surface area contributed by atoms with Crippen molar-refractivity contribution in [1.82, 2.24) is 14.7 Å². The molecule has 0 bridgehead atoms. The van der Waals surface area contributed by atoms with Gasteiger partial charge in [0, 0.05) is 50.1 Å². The van der Waals surface area contributed by atoms with Crippen molar-refractivity contribution in [2.45, 2.75) is 79.3 Å². The molecule has 26 heavy (non-hydrogen) atoms. The highest BCUT2D eigenvalue weighted by Gasteiger charge is 2.42. The predicted molar refractivity (Wildman–Crippen MR) is 111 cm³/mol. The molecule has 2 saturated heterocycles. The van der Waals surface area contributed by atoms with Gasteiger partial charge in [-0.05, 0) is 65.6 Å². The van der Waals surface area contributed by atoms with Crippen LogP contribution in [-0.4, -0.2) is 78.4 Å². The van der Waals surface area contributed by atoms with Crippen LogP contribution >= 0.6 is 0 Å². The van der Waals surface area contributed by atoms with Gasteiger partial charge in [-0.15, -0.1) is 0 Å². The molecule has 0 saturated carbocycles. The van der Waals surface area contributed by atoms with Crippen LogP contribution in [0.5, 0.6) is 0 Å². The molecule has 0 spiro atoms. The Labute approximate surface area is 162 Å². The van der Waals surface area contributed by atoms with Gasteiger partial charge in [0.05, 0.1) is 0 Å². The van der Waals surface area contributed by atoms with Crippen molar-refractivity contribution in [2.75, 3.05) is 45.8 Å². The summed E-state index contributed by atoms with van der Waals surface area (Å²) in [6, 6.07) is 1.19. The van der Waals surface area contributed by atoms with Gasteiger partial charge in [0.25, 0.3) is 0 Å². The Morgan fingerprint density at radius 3 is 2.23 bits per heavy atom. The number of likely N-dealkylation sites (tertiary alicyclic amines) is 1. The third-order valence-corrected chi connectivity index (χ3v) is 6.81. The molecule has 0 radical (unpaired) electrons. The van der Waals surface area contributed by atoms with E-state index in [1.54, 1.807) is 0 Å². The van der Waals surface area contributed by atoms with E-state index >= 15 is 0 Å². The van der Waals surface area contributed by atoms with Gasteiger partial charge in [-0.2, -0.15) is 0 Å². The highest BCUT2D eigenvalue weighted by Crippen LogP contribution is 2.36. The number of ketones is 1. The number of hydrogen-bond acceptors (Lipinski definition) is 4. The molecule has 1 atom stereocenters. The molecule has 0 aliphatic carbocycles. The van der Waals surface area contributed by atoms with Gasteiger partial charge < -0.3 is 4.90 Å². The molecule has 1 unspecified atom stereocenters. The second-order valence-electron chi connectivity index (χ2n) is 9.48. The van der Waals surface area contributed by atoms with Crippen LogP contribution in [-0.2, 0) is 4.79 Å². The average Bonchev–Trinajstić information content (AvgIpc) is 2.60. The van der Waals surface area contributed by atoms with Gasteiger partial charge >= 0.3 is 0 Å². The summed E-state index contributed by atoms with van der Waals surface area (Å²) in [7, 11) is 0. The molecule has 0 aromatic carbocycles. The summed E-state index contributed by atoms with van der Waals surface area (Å²) < 4.78 is 0. The first kappa shape index (κ1) is 21.8. The number of rotatable bonds is 8. The zero-order valence-corrected chi connectivity index (χ0v) is 18.3. The molecule has 152 valence electrons. The second-order valence-corrected chi connectivity index (χ2v) is 9.48. The van der Waals surface area contributed by atoms with Crippen molar-refractivity contribution >= 4 is 5.78 Å². The van der Waals surface area contributed by atoms with E-state index in [-0.39, 0.29) is 5.41 Å². The lowest BCUT2D eigenvalue weighted by molar-refractivity contribution is -0.134. The summed E-state index contributed by atoms with van der Waals surface area (Å²) >= 11 is 0. The summed E-state index contributed by atoms with van der Waals surface area (Å²) in [6.07, 6.45) is 3.90. The minimum atomic E-state index is -0.103. The molecule has 0 aromatic rings. The first-order valence-electron chi connectivity index (χ1n) is 11.0. The third kappa shape index (κ3) is 5.53. The normalized spacial score (nSPS) is 25.9. The van der Waals surface area contributed by atoms with Gasteiger partial charge in [-0.3, -0.25) is 14.6 Å². The highest BCUT2D eigenvalue weighted by atomic mass is 16.1. The Kier molecular flexibility index (Phi) is 8.11. The molecular weight excluding hydrogens is 322 g/mol. The van der Waals surface area contributed by atoms with Crippen LogP contribution in [0.4, 0.5) is 0 Å². The number of piperazine rings is 1. The number of Topliss-reactive ketones (excluding diaryl/α,β-unsaturated/α-hetero) is 1. The summed E-state index contributed by atoms with van der Waals surface area (Å²) in [5.74, 6) is 1.15. The predicted octanol–water partition coefficient (Wildman–Crippen LogP) is 3.51. The van der Waals surface area contributed by atoms with Gasteiger partial charge in [0.15, 0.2) is 0 Å². The average molecular weight is 366 g/mol. The van der Waals surface area contributed by atoms with Crippen molar-refractivity contribution in [3.8, 4) is 0 Å². The monoisotopic (exact) mass is 365 g/mol. The molecule has 2 heterocycles. The first-order chi connectivity index (χ1) is 12.3. The lowest BCUT2D eigenvalue weighted by Gasteiger charge is -2.47. The number of nitrogens with zero attached hydrogens (tertiary/aromatic N) is 3. The van der Waals surface area contributed by atoms with Crippen LogP contribution in [0.15, 0.2) is 0 Å². The Bertz CT molecular complexity index is 441. The van der Waals surface area contributed by atoms with E-state index < -0.39 is 0 Å². The van der Waals surface area contributed by atoms with Gasteiger partial charge in [0.1, 0.15) is 5.78 Å². The van der Waals surface area contributed by atoms with Crippen molar-refractivity contribution in [2.24, 2.45) is 11.3 Å². The summed E-state index contributed by atoms with van der Waals surface area (Å²) in [6.45, 7) is 21.3. The maximum Gasteiger partial charge on any atom is 0.140 e. The molecular formula is C22H43N3O. The molecule has 2 aliphatic rings. The summed E-state index contributed by atoms with van der Waals surface area (Å²) in [4.78, 5) is 21.0. The topological polar surface area (TPSA) is 26.8 Å². The fraction of sp³-hybridized carbons (Fsp3) is 0.955. The molecule has 4 nitrogen and oxygen atoms in total. The van der Waals surface area contributed by atoms with Crippen molar-refractivity contribution in [1.29, 1.82) is 0 Å². The van der Waals surface area contributed by atoms with E-state index in [0.717, 1.165) is 71.5 Å². The molecule has 4 heteroatoms. The number of carbonyl (C=O) groups is 1. The minimum Gasteiger partial charge on any atom is -0.301 e. The Morgan fingerprint density at radius 2 is 1.73 bits per heavy atom. The highest BCUT2D eigenvalue weighted by molar-refractivity contribution is 5.85. The van der Waals surface area contributed by atoms with Gasteiger partial charge in [-0.1, -0.05) is 20.8 Å². The van der Waals surface area contributed by atoms with Crippen molar-refractivity contribution in [3.63, 3.8) is 0 Å². The second kappa shape index (κ2) is 9.66. The summed E-state index contributed by atoms with van der Waals surface area (Å²) in [5, 5.41) is 0. The van der Waals surface area contributed by atoms with Crippen LogP contribution in [0.3, 0.4) is 0 Å². The maximum absolute atomic E-state index is 13.3. The van der Waals surface area contributed by atoms with Crippen molar-refractivity contribution < 1.29 is 4.79 Å². The number of likely N-dealkylation sites (N-methyl/N-ethyl adjacent to an activating group) is 1. The number of hydrogen-bond donors (Lipinski definition) is 0. The molecule has 0 N–H and O–H groups in total. The SMILES string of the molecule is CCN1CCN(CC2(C(=O)CCC(C)C)CCN(C(C)C)CC2)CC1C. The quantitative estimate of drug-likeness (QED) is 0.658. The van der Waals surface area contributed by atoms with Crippen LogP contribution in [0.2, 0.25) is 0 Å². The molecule has 2 rings (SSSR count). The van der Waals surface area contributed by atoms with E-state index in [9.17, 15) is 4.79 Å². The maximum atomic E-state index is 13.3. The Hall–Kier alpha value is -0.450. The molecule has 2 fully saturated rings. The third-order valence-electron chi connectivity index (χ3n) is 6.81. The fourth-order valence-electron chi connectivity index (χ4n) is 4.79. The van der Waals surface area contributed by atoms with Crippen LogP contribution < -0.4 is 0 Å². The van der Waals surface area contributed by atoms with Crippen LogP contribution in [0.1, 0.15) is 67.2 Å². The molecule has 0 amide bonds. The Morgan fingerprint density at radius 1 is 1.08 bits per heavy atom. The van der Waals surface area contributed by atoms with E-state index in [1.807, 2.05) is 0 Å². The smallest absolute Gasteiger partial charge is 0.140 e. The lowest BCUT2D eigenvalue weighted by atomic mass is 9.72. The summed E-state index contributed by atoms with van der Waals surface area (Å²) in [5.41, 5.74) is -0.103. The van der Waals surface area contributed by atoms with Crippen molar-refractivity contribution in [3.05, 3.63) is 0 Å². The van der Waals surface area contributed by atoms with Gasteiger partial charge in [0.2, 0.25) is 0 Å². The van der Waals surface area contributed by atoms with E-state index in [0.29, 0.717) is 23.8 Å². The number of carbonyl (C=O) groups excluding carboxylic acids is 1. The largest absolute Gasteiger partial charge is 0.301 e. The molecule has 0 aromatic heterocycles. The number of piperidine rings is 1. The van der Waals surface area contributed by atoms with Gasteiger partial charge in [-0.25, -0.2) is 0 Å². The minimum absolute atomic E-state index is 0.103. The van der Waals surface area contributed by atoms with E-state index in [2.05, 4.69) is 56.2 Å².